The summed E-state index contributed by atoms with van der Waals surface area (Å²) in [7, 11) is 0. The van der Waals surface area contributed by atoms with Gasteiger partial charge in [0.2, 0.25) is 0 Å². The van der Waals surface area contributed by atoms with Gasteiger partial charge in [-0.2, -0.15) is 0 Å². The van der Waals surface area contributed by atoms with E-state index in [-0.39, 0.29) is 30.5 Å². The van der Waals surface area contributed by atoms with E-state index in [1.807, 2.05) is 26.2 Å². The summed E-state index contributed by atoms with van der Waals surface area (Å²) in [5.74, 6) is -0.868. The summed E-state index contributed by atoms with van der Waals surface area (Å²) >= 11 is 1.49. The van der Waals surface area contributed by atoms with Crippen LogP contribution < -0.4 is 10.6 Å². The number of hydrogen-bond donors (Lipinski definition) is 3. The van der Waals surface area contributed by atoms with Gasteiger partial charge < -0.3 is 15.7 Å². The lowest BCUT2D eigenvalue weighted by atomic mass is 10.0. The first-order valence-corrected chi connectivity index (χ1v) is 7.50. The zero-order chi connectivity index (χ0) is 15.1. The molecule has 2 unspecified atom stereocenters. The topological polar surface area (TPSA) is 91.3 Å². The molecule has 20 heavy (non-hydrogen) atoms. The van der Waals surface area contributed by atoms with Crippen LogP contribution in [-0.2, 0) is 4.79 Å². The molecule has 0 aliphatic heterocycles. The van der Waals surface area contributed by atoms with Gasteiger partial charge in [-0.25, -0.2) is 9.78 Å². The van der Waals surface area contributed by atoms with E-state index in [0.717, 1.165) is 11.4 Å². The third-order valence-corrected chi connectivity index (χ3v) is 3.87. The zero-order valence-corrected chi connectivity index (χ0v) is 12.7. The van der Waals surface area contributed by atoms with Crippen molar-refractivity contribution >= 4 is 23.3 Å². The number of rotatable bonds is 7. The molecule has 2 atom stereocenters. The maximum Gasteiger partial charge on any atom is 0.315 e. The first-order chi connectivity index (χ1) is 9.43. The molecule has 0 aromatic carbocycles. The van der Waals surface area contributed by atoms with Gasteiger partial charge in [0.05, 0.1) is 12.5 Å². The average molecular weight is 299 g/mol. The molecule has 0 bridgehead atoms. The Labute approximate surface area is 122 Å². The van der Waals surface area contributed by atoms with E-state index in [2.05, 4.69) is 15.6 Å². The monoisotopic (exact) mass is 299 g/mol. The molecule has 6 nitrogen and oxygen atoms in total. The number of urea groups is 1. The molecular formula is C13H21N3O3S. The summed E-state index contributed by atoms with van der Waals surface area (Å²) in [6, 6.07) is -0.888. The second kappa shape index (κ2) is 7.84. The lowest BCUT2D eigenvalue weighted by molar-refractivity contribution is -0.137. The van der Waals surface area contributed by atoms with E-state index < -0.39 is 5.97 Å². The number of carboxylic acid groups (broad SMARTS) is 1. The molecule has 112 valence electrons. The quantitative estimate of drug-likeness (QED) is 0.721. The van der Waals surface area contributed by atoms with Gasteiger partial charge in [-0.15, -0.1) is 11.3 Å². The number of nitrogens with zero attached hydrogens (tertiary/aromatic N) is 1. The van der Waals surface area contributed by atoms with Crippen molar-refractivity contribution in [2.45, 2.75) is 45.7 Å². The summed E-state index contributed by atoms with van der Waals surface area (Å²) in [5, 5.41) is 17.1. The maximum absolute atomic E-state index is 12.0. The van der Waals surface area contributed by atoms with E-state index in [1.54, 1.807) is 6.20 Å². The summed E-state index contributed by atoms with van der Waals surface area (Å²) in [4.78, 5) is 26.9. The number of carboxylic acids is 1. The largest absolute Gasteiger partial charge is 0.481 e. The Hall–Kier alpha value is -1.63. The smallest absolute Gasteiger partial charge is 0.315 e. The third kappa shape index (κ3) is 5.16. The minimum absolute atomic E-state index is 0.0526. The van der Waals surface area contributed by atoms with Gasteiger partial charge in [0.1, 0.15) is 5.01 Å². The third-order valence-electron chi connectivity index (χ3n) is 2.98. The van der Waals surface area contributed by atoms with Crippen LogP contribution in [0.25, 0.3) is 0 Å². The van der Waals surface area contributed by atoms with Crippen LogP contribution in [0.1, 0.15) is 44.7 Å². The Morgan fingerprint density at radius 3 is 2.55 bits per heavy atom. The molecule has 0 aliphatic carbocycles. The van der Waals surface area contributed by atoms with Crippen molar-refractivity contribution in [2.24, 2.45) is 5.92 Å². The van der Waals surface area contributed by atoms with Gasteiger partial charge in [-0.05, 0) is 12.3 Å². The zero-order valence-electron chi connectivity index (χ0n) is 11.9. The van der Waals surface area contributed by atoms with Gasteiger partial charge >= 0.3 is 12.0 Å². The van der Waals surface area contributed by atoms with Gasteiger partial charge in [-0.1, -0.05) is 20.8 Å². The fraction of sp³-hybridized carbons (Fsp3) is 0.615. The Kier molecular flexibility index (Phi) is 6.44. The van der Waals surface area contributed by atoms with Crippen LogP contribution in [0.2, 0.25) is 0 Å². The highest BCUT2D eigenvalue weighted by Crippen LogP contribution is 2.18. The number of aliphatic carboxylic acids is 1. The van der Waals surface area contributed by atoms with Crippen molar-refractivity contribution in [3.8, 4) is 0 Å². The van der Waals surface area contributed by atoms with Crippen LogP contribution >= 0.6 is 11.3 Å². The Bertz CT molecular complexity index is 434. The van der Waals surface area contributed by atoms with Gasteiger partial charge in [0.25, 0.3) is 0 Å². The first-order valence-electron chi connectivity index (χ1n) is 6.62. The average Bonchev–Trinajstić information content (AvgIpc) is 2.88. The van der Waals surface area contributed by atoms with E-state index in [1.165, 1.54) is 11.3 Å². The molecule has 0 aliphatic rings. The van der Waals surface area contributed by atoms with Gasteiger partial charge in [-0.3, -0.25) is 4.79 Å². The number of hydrogen-bond acceptors (Lipinski definition) is 4. The molecule has 2 amide bonds. The highest BCUT2D eigenvalue weighted by atomic mass is 32.1. The minimum atomic E-state index is -0.920. The fourth-order valence-corrected chi connectivity index (χ4v) is 2.53. The van der Waals surface area contributed by atoms with Crippen molar-refractivity contribution in [3.63, 3.8) is 0 Å². The highest BCUT2D eigenvalue weighted by Gasteiger charge is 2.21. The van der Waals surface area contributed by atoms with Crippen LogP contribution in [-0.4, -0.2) is 28.1 Å². The van der Waals surface area contributed by atoms with Crippen molar-refractivity contribution in [1.82, 2.24) is 15.6 Å². The molecule has 0 saturated carbocycles. The SMILES string of the molecule is CCC(NC(=O)NC(CC(=O)O)C(C)C)c1nccs1. The van der Waals surface area contributed by atoms with Gasteiger partial charge in [0, 0.05) is 17.6 Å². The molecule has 1 aromatic heterocycles. The number of thiazole rings is 1. The maximum atomic E-state index is 12.0. The van der Waals surface area contributed by atoms with Crippen molar-refractivity contribution in [3.05, 3.63) is 16.6 Å². The molecule has 1 rings (SSSR count). The number of nitrogens with one attached hydrogen (secondary N) is 2. The predicted molar refractivity (Wildman–Crippen MR) is 77.7 cm³/mol. The Balaban J connectivity index is 2.58. The summed E-state index contributed by atoms with van der Waals surface area (Å²) in [6.45, 7) is 5.72. The molecule has 1 heterocycles. The van der Waals surface area contributed by atoms with Crippen LogP contribution in [0.15, 0.2) is 11.6 Å². The molecule has 0 saturated heterocycles. The standard InChI is InChI=1S/C13H21N3O3S/c1-4-9(12-14-5-6-20-12)15-13(19)16-10(8(2)3)7-11(17)18/h5-6,8-10H,4,7H2,1-3H3,(H,17,18)(H2,15,16,19). The molecule has 7 heteroatoms. The second-order valence-corrected chi connectivity index (χ2v) is 5.82. The lowest BCUT2D eigenvalue weighted by Crippen LogP contribution is -2.46. The second-order valence-electron chi connectivity index (χ2n) is 4.90. The number of carbonyl (C=O) groups excluding carboxylic acids is 1. The van der Waals surface area contributed by atoms with Crippen LogP contribution in [0.3, 0.4) is 0 Å². The first kappa shape index (κ1) is 16.4. The van der Waals surface area contributed by atoms with Crippen molar-refractivity contribution in [2.75, 3.05) is 0 Å². The van der Waals surface area contributed by atoms with Crippen LogP contribution in [0.5, 0.6) is 0 Å². The van der Waals surface area contributed by atoms with Crippen LogP contribution in [0.4, 0.5) is 4.79 Å². The van der Waals surface area contributed by atoms with Crippen molar-refractivity contribution < 1.29 is 14.7 Å². The molecule has 0 radical (unpaired) electrons. The van der Waals surface area contributed by atoms with E-state index in [0.29, 0.717) is 0 Å². The van der Waals surface area contributed by atoms with Gasteiger partial charge in [0.15, 0.2) is 0 Å². The normalized spacial score (nSPS) is 13.8. The summed E-state index contributed by atoms with van der Waals surface area (Å²) < 4.78 is 0. The predicted octanol–water partition coefficient (Wildman–Crippen LogP) is 2.39. The van der Waals surface area contributed by atoms with E-state index >= 15 is 0 Å². The van der Waals surface area contributed by atoms with E-state index in [4.69, 9.17) is 5.11 Å². The van der Waals surface area contributed by atoms with Crippen molar-refractivity contribution in [1.29, 1.82) is 0 Å². The Morgan fingerprint density at radius 2 is 2.10 bits per heavy atom. The van der Waals surface area contributed by atoms with E-state index in [9.17, 15) is 9.59 Å². The number of carbonyl (C=O) groups is 2. The number of aromatic nitrogens is 1. The van der Waals surface area contributed by atoms with Crippen LogP contribution in [0, 0.1) is 5.92 Å². The lowest BCUT2D eigenvalue weighted by Gasteiger charge is -2.22. The summed E-state index contributed by atoms with van der Waals surface area (Å²) in [5.41, 5.74) is 0. The Morgan fingerprint density at radius 1 is 1.40 bits per heavy atom. The number of amides is 2. The fourth-order valence-electron chi connectivity index (χ4n) is 1.75. The molecule has 0 spiro atoms. The summed E-state index contributed by atoms with van der Waals surface area (Å²) in [6.07, 6.45) is 2.34. The minimum Gasteiger partial charge on any atom is -0.481 e. The molecule has 3 N–H and O–H groups in total. The highest BCUT2D eigenvalue weighted by molar-refractivity contribution is 7.09. The molecule has 1 aromatic rings. The molecular weight excluding hydrogens is 278 g/mol. The molecule has 0 fully saturated rings.